The van der Waals surface area contributed by atoms with Crippen LogP contribution in [-0.2, 0) is 20.9 Å². The topological polar surface area (TPSA) is 71.6 Å². The van der Waals surface area contributed by atoms with E-state index in [0.717, 1.165) is 44.2 Å². The van der Waals surface area contributed by atoms with Gasteiger partial charge in [0.1, 0.15) is 0 Å². The molecule has 2 saturated heterocycles. The van der Waals surface area contributed by atoms with Crippen molar-refractivity contribution in [1.29, 1.82) is 0 Å². The lowest BCUT2D eigenvalue weighted by atomic mass is 9.97. The Labute approximate surface area is 177 Å². The number of piperazine rings is 1. The molecular formula is C22H31N3O5. The lowest BCUT2D eigenvalue weighted by Crippen LogP contribution is -2.51. The number of piperidine rings is 1. The minimum absolute atomic E-state index is 0.0614. The zero-order valence-corrected chi connectivity index (χ0v) is 17.7. The molecule has 1 aromatic rings. The van der Waals surface area contributed by atoms with Gasteiger partial charge in [0.15, 0.2) is 11.5 Å². The van der Waals surface area contributed by atoms with Gasteiger partial charge in [0.25, 0.3) is 0 Å². The number of carbonyl (C=O) groups excluding carboxylic acids is 2. The van der Waals surface area contributed by atoms with Crippen LogP contribution in [0.5, 0.6) is 11.5 Å². The summed E-state index contributed by atoms with van der Waals surface area (Å²) in [6.07, 6.45) is 1.40. The maximum Gasteiger partial charge on any atom is 0.309 e. The van der Waals surface area contributed by atoms with Gasteiger partial charge in [0, 0.05) is 45.8 Å². The van der Waals surface area contributed by atoms with Crippen LogP contribution in [0.1, 0.15) is 25.3 Å². The number of nitrogens with zero attached hydrogens (tertiary/aromatic N) is 3. The fourth-order valence-corrected chi connectivity index (χ4v) is 4.32. The van der Waals surface area contributed by atoms with Gasteiger partial charge in [-0.15, -0.1) is 0 Å². The number of hydrogen-bond donors (Lipinski definition) is 0. The molecule has 0 bridgehead atoms. The normalized spacial score (nSPS) is 20.4. The summed E-state index contributed by atoms with van der Waals surface area (Å²) in [5, 5.41) is 0. The van der Waals surface area contributed by atoms with Crippen molar-refractivity contribution in [2.45, 2.75) is 26.3 Å². The number of esters is 1. The molecule has 3 aliphatic rings. The number of ether oxygens (including phenoxy) is 3. The van der Waals surface area contributed by atoms with Gasteiger partial charge in [-0.3, -0.25) is 19.4 Å². The van der Waals surface area contributed by atoms with E-state index < -0.39 is 0 Å². The van der Waals surface area contributed by atoms with Gasteiger partial charge in [0.2, 0.25) is 12.7 Å². The minimum Gasteiger partial charge on any atom is -0.466 e. The molecule has 2 fully saturated rings. The molecule has 164 valence electrons. The molecule has 1 aromatic carbocycles. The van der Waals surface area contributed by atoms with Crippen LogP contribution in [0.15, 0.2) is 18.2 Å². The van der Waals surface area contributed by atoms with Crippen LogP contribution in [0.2, 0.25) is 0 Å². The summed E-state index contributed by atoms with van der Waals surface area (Å²) in [6.45, 7) is 8.81. The van der Waals surface area contributed by atoms with Gasteiger partial charge in [-0.25, -0.2) is 0 Å². The van der Waals surface area contributed by atoms with Crippen LogP contribution in [0.25, 0.3) is 0 Å². The molecule has 3 aliphatic heterocycles. The molecule has 8 heteroatoms. The summed E-state index contributed by atoms with van der Waals surface area (Å²) in [6, 6.07) is 6.11. The van der Waals surface area contributed by atoms with E-state index in [9.17, 15) is 9.59 Å². The van der Waals surface area contributed by atoms with Crippen molar-refractivity contribution in [1.82, 2.24) is 14.7 Å². The molecule has 8 nitrogen and oxygen atoms in total. The van der Waals surface area contributed by atoms with E-state index in [1.165, 1.54) is 5.56 Å². The predicted octanol–water partition coefficient (Wildman–Crippen LogP) is 1.33. The molecule has 0 aliphatic carbocycles. The first-order chi connectivity index (χ1) is 14.6. The lowest BCUT2D eigenvalue weighted by molar-refractivity contribution is -0.151. The fourth-order valence-electron chi connectivity index (χ4n) is 4.32. The minimum atomic E-state index is -0.122. The molecule has 0 spiro atoms. The lowest BCUT2D eigenvalue weighted by Gasteiger charge is -2.36. The fraction of sp³-hybridized carbons (Fsp3) is 0.636. The highest BCUT2D eigenvalue weighted by Crippen LogP contribution is 2.32. The Morgan fingerprint density at radius 2 is 1.70 bits per heavy atom. The molecule has 1 amide bonds. The molecule has 0 unspecified atom stereocenters. The van der Waals surface area contributed by atoms with E-state index in [4.69, 9.17) is 14.2 Å². The summed E-state index contributed by atoms with van der Waals surface area (Å²) in [5.74, 6) is 1.62. The van der Waals surface area contributed by atoms with Crippen molar-refractivity contribution in [3.63, 3.8) is 0 Å². The van der Waals surface area contributed by atoms with Gasteiger partial charge in [0.05, 0.1) is 19.1 Å². The van der Waals surface area contributed by atoms with Crippen LogP contribution < -0.4 is 9.47 Å². The van der Waals surface area contributed by atoms with Crippen molar-refractivity contribution in [3.8, 4) is 11.5 Å². The van der Waals surface area contributed by atoms with E-state index in [1.807, 2.05) is 17.9 Å². The quantitative estimate of drug-likeness (QED) is 0.647. The van der Waals surface area contributed by atoms with Crippen molar-refractivity contribution in [3.05, 3.63) is 23.8 Å². The maximum atomic E-state index is 12.7. The van der Waals surface area contributed by atoms with Gasteiger partial charge >= 0.3 is 5.97 Å². The summed E-state index contributed by atoms with van der Waals surface area (Å²) < 4.78 is 15.9. The Bertz CT molecular complexity index is 755. The number of benzene rings is 1. The average molecular weight is 418 g/mol. The zero-order chi connectivity index (χ0) is 20.9. The van der Waals surface area contributed by atoms with E-state index in [0.29, 0.717) is 45.9 Å². The summed E-state index contributed by atoms with van der Waals surface area (Å²) in [7, 11) is 0. The van der Waals surface area contributed by atoms with Gasteiger partial charge in [-0.1, -0.05) is 6.07 Å². The van der Waals surface area contributed by atoms with E-state index in [-0.39, 0.29) is 17.8 Å². The molecule has 4 rings (SSSR count). The average Bonchev–Trinajstić information content (AvgIpc) is 3.23. The first-order valence-electron chi connectivity index (χ1n) is 10.9. The third kappa shape index (κ3) is 5.05. The monoisotopic (exact) mass is 417 g/mol. The number of amides is 1. The molecule has 0 N–H and O–H groups in total. The molecule has 0 atom stereocenters. The van der Waals surface area contributed by atoms with Gasteiger partial charge in [-0.2, -0.15) is 0 Å². The van der Waals surface area contributed by atoms with Crippen LogP contribution in [0.3, 0.4) is 0 Å². The molecule has 0 aromatic heterocycles. The van der Waals surface area contributed by atoms with E-state index in [1.54, 1.807) is 0 Å². The Morgan fingerprint density at radius 1 is 1.00 bits per heavy atom. The van der Waals surface area contributed by atoms with Gasteiger partial charge in [-0.05, 0) is 37.5 Å². The van der Waals surface area contributed by atoms with Crippen molar-refractivity contribution in [2.75, 3.05) is 59.2 Å². The number of rotatable bonds is 6. The third-order valence-corrected chi connectivity index (χ3v) is 6.13. The number of carbonyl (C=O) groups is 2. The molecular weight excluding hydrogens is 386 g/mol. The Hall–Kier alpha value is -2.32. The van der Waals surface area contributed by atoms with Crippen LogP contribution >= 0.6 is 0 Å². The molecule has 30 heavy (non-hydrogen) atoms. The molecule has 0 saturated carbocycles. The zero-order valence-electron chi connectivity index (χ0n) is 17.7. The largest absolute Gasteiger partial charge is 0.466 e. The van der Waals surface area contributed by atoms with Gasteiger partial charge < -0.3 is 19.1 Å². The van der Waals surface area contributed by atoms with Crippen LogP contribution in [-0.4, -0.2) is 85.8 Å². The van der Waals surface area contributed by atoms with Crippen molar-refractivity contribution >= 4 is 11.9 Å². The highest BCUT2D eigenvalue weighted by Gasteiger charge is 2.29. The molecule has 0 radical (unpaired) electrons. The Kier molecular flexibility index (Phi) is 6.74. The number of hydrogen-bond acceptors (Lipinski definition) is 7. The number of fused-ring (bicyclic) bond motifs is 1. The highest BCUT2D eigenvalue weighted by molar-refractivity contribution is 5.79. The summed E-state index contributed by atoms with van der Waals surface area (Å²) >= 11 is 0. The third-order valence-electron chi connectivity index (χ3n) is 6.13. The van der Waals surface area contributed by atoms with Crippen LogP contribution in [0.4, 0.5) is 0 Å². The van der Waals surface area contributed by atoms with Crippen molar-refractivity contribution in [2.24, 2.45) is 5.92 Å². The Morgan fingerprint density at radius 3 is 2.43 bits per heavy atom. The molecule has 3 heterocycles. The van der Waals surface area contributed by atoms with E-state index in [2.05, 4.69) is 21.9 Å². The second-order valence-electron chi connectivity index (χ2n) is 8.15. The standard InChI is InChI=1S/C22H31N3O5/c1-2-28-22(27)18-5-7-25(8-6-18)21(26)15-24-11-9-23(10-12-24)14-17-3-4-19-20(13-17)30-16-29-19/h3-4,13,18H,2,5-12,14-16H2,1H3. The number of likely N-dealkylation sites (tertiary alicyclic amines) is 1. The smallest absolute Gasteiger partial charge is 0.309 e. The second-order valence-corrected chi connectivity index (χ2v) is 8.15. The summed E-state index contributed by atoms with van der Waals surface area (Å²) in [5.41, 5.74) is 1.22. The van der Waals surface area contributed by atoms with Crippen molar-refractivity contribution < 1.29 is 23.8 Å². The predicted molar refractivity (Wildman–Crippen MR) is 110 cm³/mol. The first kappa shape index (κ1) is 20.9. The SMILES string of the molecule is CCOC(=O)C1CCN(C(=O)CN2CCN(Cc3ccc4c(c3)OCO4)CC2)CC1. The first-order valence-corrected chi connectivity index (χ1v) is 10.9. The Balaban J connectivity index is 1.18. The van der Waals surface area contributed by atoms with E-state index >= 15 is 0 Å². The summed E-state index contributed by atoms with van der Waals surface area (Å²) in [4.78, 5) is 31.1. The van der Waals surface area contributed by atoms with Crippen LogP contribution in [0, 0.1) is 5.92 Å². The highest BCUT2D eigenvalue weighted by atomic mass is 16.7. The second kappa shape index (κ2) is 9.66. The maximum absolute atomic E-state index is 12.7.